The van der Waals surface area contributed by atoms with Gasteiger partial charge in [0.2, 0.25) is 0 Å². The molecule has 0 amide bonds. The molecule has 0 aliphatic rings. The Morgan fingerprint density at radius 2 is 1.79 bits per heavy atom. The maximum absolute atomic E-state index is 12.7. The van der Waals surface area contributed by atoms with Crippen molar-refractivity contribution < 1.29 is 0 Å². The highest BCUT2D eigenvalue weighted by atomic mass is 35.5. The smallest absolute Gasteiger partial charge is 0.308 e. The Hall–Kier alpha value is -4.01. The molecule has 0 unspecified atom stereocenters. The third-order valence-electron chi connectivity index (χ3n) is 5.55. The minimum absolute atomic E-state index is 0.00401. The predicted molar refractivity (Wildman–Crippen MR) is 137 cm³/mol. The summed E-state index contributed by atoms with van der Waals surface area (Å²) in [5.41, 5.74) is 4.38. The number of aromatic nitrogens is 5. The van der Waals surface area contributed by atoms with E-state index >= 15 is 0 Å². The van der Waals surface area contributed by atoms with Crippen LogP contribution in [0.5, 0.6) is 0 Å². The van der Waals surface area contributed by atoms with Crippen molar-refractivity contribution in [1.82, 2.24) is 24.3 Å². The summed E-state index contributed by atoms with van der Waals surface area (Å²) >= 11 is 7.21. The number of benzene rings is 3. The second kappa shape index (κ2) is 8.40. The van der Waals surface area contributed by atoms with Gasteiger partial charge < -0.3 is 5.32 Å². The van der Waals surface area contributed by atoms with Gasteiger partial charge in [-0.1, -0.05) is 53.3 Å². The van der Waals surface area contributed by atoms with Gasteiger partial charge in [-0.15, -0.1) is 0 Å². The third-order valence-corrected chi connectivity index (χ3v) is 6.75. The molecule has 0 fully saturated rings. The maximum atomic E-state index is 12.7. The average molecular weight is 485 g/mol. The van der Waals surface area contributed by atoms with Crippen LogP contribution in [0.4, 0.5) is 11.5 Å². The van der Waals surface area contributed by atoms with Crippen molar-refractivity contribution in [1.29, 1.82) is 0 Å². The van der Waals surface area contributed by atoms with Gasteiger partial charge >= 0.3 is 4.87 Å². The van der Waals surface area contributed by atoms with Gasteiger partial charge in [-0.25, -0.2) is 14.6 Å². The van der Waals surface area contributed by atoms with Gasteiger partial charge in [0, 0.05) is 10.7 Å². The quantitative estimate of drug-likeness (QED) is 0.343. The van der Waals surface area contributed by atoms with Crippen LogP contribution in [0.25, 0.3) is 26.9 Å². The highest BCUT2D eigenvalue weighted by Crippen LogP contribution is 2.28. The number of halogens is 1. The standard InChI is InChI=1S/C25H17ClN6OS/c26-17-8-6-16(7-9-17)14-31-21-11-10-18(12-22(21)34-25(31)33)30-23-20-13-29-32(24(20)28-15-27-23)19-4-2-1-3-5-19/h1-13,15H,14H2,(H,27,28,30). The zero-order valence-electron chi connectivity index (χ0n) is 17.7. The van der Waals surface area contributed by atoms with Crippen LogP contribution in [0, 0.1) is 0 Å². The summed E-state index contributed by atoms with van der Waals surface area (Å²) in [6.07, 6.45) is 3.27. The Kier molecular flexibility index (Phi) is 5.09. The highest BCUT2D eigenvalue weighted by Gasteiger charge is 2.13. The molecule has 0 bridgehead atoms. The molecule has 9 heteroatoms. The van der Waals surface area contributed by atoms with Gasteiger partial charge in [0.25, 0.3) is 0 Å². The molecule has 1 N–H and O–H groups in total. The highest BCUT2D eigenvalue weighted by molar-refractivity contribution is 7.16. The van der Waals surface area contributed by atoms with Gasteiger partial charge in [0.05, 0.1) is 34.0 Å². The monoisotopic (exact) mass is 484 g/mol. The lowest BCUT2D eigenvalue weighted by Gasteiger charge is -2.08. The number of hydrogen-bond acceptors (Lipinski definition) is 6. The van der Waals surface area contributed by atoms with Crippen LogP contribution >= 0.6 is 22.9 Å². The van der Waals surface area contributed by atoms with Crippen LogP contribution in [0.15, 0.2) is 90.1 Å². The van der Waals surface area contributed by atoms with Crippen molar-refractivity contribution in [2.45, 2.75) is 6.54 Å². The molecule has 0 radical (unpaired) electrons. The largest absolute Gasteiger partial charge is 0.339 e. The summed E-state index contributed by atoms with van der Waals surface area (Å²) in [6.45, 7) is 0.494. The van der Waals surface area contributed by atoms with Crippen LogP contribution in [0.1, 0.15) is 5.56 Å². The molecule has 166 valence electrons. The Labute approximate surface area is 202 Å². The molecule has 6 rings (SSSR count). The molecule has 3 aromatic heterocycles. The molecule has 0 atom stereocenters. The van der Waals surface area contributed by atoms with E-state index in [0.717, 1.165) is 32.5 Å². The summed E-state index contributed by atoms with van der Waals surface area (Å²) < 4.78 is 4.46. The summed E-state index contributed by atoms with van der Waals surface area (Å²) in [4.78, 5) is 21.5. The molecule has 0 aliphatic heterocycles. The molecular formula is C25H17ClN6OS. The predicted octanol–water partition coefficient (Wildman–Crippen LogP) is 5.64. The van der Waals surface area contributed by atoms with Gasteiger partial charge in [-0.05, 0) is 48.0 Å². The van der Waals surface area contributed by atoms with E-state index in [9.17, 15) is 4.79 Å². The van der Waals surface area contributed by atoms with Crippen LogP contribution in [-0.2, 0) is 6.54 Å². The Bertz CT molecular complexity index is 1690. The molecule has 0 spiro atoms. The second-order valence-electron chi connectivity index (χ2n) is 7.74. The number of hydrogen-bond donors (Lipinski definition) is 1. The number of nitrogens with zero attached hydrogens (tertiary/aromatic N) is 5. The minimum Gasteiger partial charge on any atom is -0.339 e. The third kappa shape index (κ3) is 3.72. The van der Waals surface area contributed by atoms with E-state index in [4.69, 9.17) is 11.6 Å². The molecule has 34 heavy (non-hydrogen) atoms. The topological polar surface area (TPSA) is 77.6 Å². The molecule has 0 saturated carbocycles. The van der Waals surface area contributed by atoms with Crippen molar-refractivity contribution in [2.75, 3.05) is 5.32 Å². The molecule has 6 aromatic rings. The van der Waals surface area contributed by atoms with E-state index < -0.39 is 0 Å². The first-order valence-corrected chi connectivity index (χ1v) is 11.7. The molecule has 0 aliphatic carbocycles. The first-order chi connectivity index (χ1) is 16.7. The van der Waals surface area contributed by atoms with Gasteiger partial charge in [-0.3, -0.25) is 9.36 Å². The molecule has 3 aromatic carbocycles. The zero-order chi connectivity index (χ0) is 23.1. The molecule has 7 nitrogen and oxygen atoms in total. The number of nitrogens with one attached hydrogen (secondary N) is 1. The van der Waals surface area contributed by atoms with Gasteiger partial charge in [-0.2, -0.15) is 5.10 Å². The summed E-state index contributed by atoms with van der Waals surface area (Å²) in [6, 6.07) is 23.2. The second-order valence-corrected chi connectivity index (χ2v) is 9.17. The lowest BCUT2D eigenvalue weighted by atomic mass is 10.2. The van der Waals surface area contributed by atoms with Crippen molar-refractivity contribution in [3.63, 3.8) is 0 Å². The van der Waals surface area contributed by atoms with E-state index in [2.05, 4.69) is 20.4 Å². The number of anilines is 2. The Balaban J connectivity index is 1.33. The lowest BCUT2D eigenvalue weighted by Crippen LogP contribution is -2.13. The fraction of sp³-hybridized carbons (Fsp3) is 0.0400. The number of fused-ring (bicyclic) bond motifs is 2. The average Bonchev–Trinajstić information content (AvgIpc) is 3.42. The van der Waals surface area contributed by atoms with E-state index in [-0.39, 0.29) is 4.87 Å². The molecule has 3 heterocycles. The van der Waals surface area contributed by atoms with E-state index in [1.54, 1.807) is 15.4 Å². The fourth-order valence-corrected chi connectivity index (χ4v) is 4.96. The fourth-order valence-electron chi connectivity index (χ4n) is 3.90. The zero-order valence-corrected chi connectivity index (χ0v) is 19.3. The van der Waals surface area contributed by atoms with Crippen LogP contribution in [0.2, 0.25) is 5.02 Å². The first kappa shape index (κ1) is 20.6. The Morgan fingerprint density at radius 3 is 2.62 bits per heavy atom. The van der Waals surface area contributed by atoms with Crippen molar-refractivity contribution in [2.24, 2.45) is 0 Å². The summed E-state index contributed by atoms with van der Waals surface area (Å²) in [5, 5.41) is 9.35. The van der Waals surface area contributed by atoms with Gasteiger partial charge in [0.1, 0.15) is 12.1 Å². The Morgan fingerprint density at radius 1 is 0.971 bits per heavy atom. The van der Waals surface area contributed by atoms with Gasteiger partial charge in [0.15, 0.2) is 5.65 Å². The van der Waals surface area contributed by atoms with E-state index in [1.165, 1.54) is 17.7 Å². The lowest BCUT2D eigenvalue weighted by molar-refractivity contribution is 0.816. The number of rotatable bonds is 5. The van der Waals surface area contributed by atoms with Crippen LogP contribution in [-0.4, -0.2) is 24.3 Å². The van der Waals surface area contributed by atoms with Crippen molar-refractivity contribution in [3.8, 4) is 5.69 Å². The van der Waals surface area contributed by atoms with Crippen LogP contribution < -0.4 is 10.2 Å². The first-order valence-electron chi connectivity index (χ1n) is 10.5. The number of thiazole rings is 1. The molecular weight excluding hydrogens is 468 g/mol. The van der Waals surface area contributed by atoms with Crippen molar-refractivity contribution >= 4 is 55.7 Å². The van der Waals surface area contributed by atoms with E-state index in [0.29, 0.717) is 23.0 Å². The maximum Gasteiger partial charge on any atom is 0.308 e. The number of para-hydroxylation sites is 1. The molecule has 0 saturated heterocycles. The SMILES string of the molecule is O=c1sc2cc(Nc3ncnc4c3cnn4-c3ccccc3)ccc2n1Cc1ccc(Cl)cc1. The van der Waals surface area contributed by atoms with Crippen LogP contribution in [0.3, 0.4) is 0 Å². The summed E-state index contributed by atoms with van der Waals surface area (Å²) in [7, 11) is 0. The van der Waals surface area contributed by atoms with Crippen molar-refractivity contribution in [3.05, 3.63) is 106 Å². The van der Waals surface area contributed by atoms with E-state index in [1.807, 2.05) is 72.8 Å². The minimum atomic E-state index is -0.00401. The summed E-state index contributed by atoms with van der Waals surface area (Å²) in [5.74, 6) is 0.652. The normalized spacial score (nSPS) is 11.3.